The lowest BCUT2D eigenvalue weighted by atomic mass is 10.2. The summed E-state index contributed by atoms with van der Waals surface area (Å²) in [6.07, 6.45) is 3.31. The molecule has 0 aliphatic heterocycles. The smallest absolute Gasteiger partial charge is 0.335 e. The molecule has 2 rings (SSSR count). The fourth-order valence-corrected chi connectivity index (χ4v) is 3.06. The van der Waals surface area contributed by atoms with Crippen LogP contribution >= 0.6 is 0 Å². The lowest BCUT2D eigenvalue weighted by Crippen LogP contribution is -2.14. The summed E-state index contributed by atoms with van der Waals surface area (Å²) in [5.74, 6) is -0.514. The minimum atomic E-state index is -3.52. The third-order valence-electron chi connectivity index (χ3n) is 2.96. The number of rotatable bonds is 5. The summed E-state index contributed by atoms with van der Waals surface area (Å²) < 4.78 is 26.1. The average molecular weight is 294 g/mol. The Morgan fingerprint density at radius 3 is 2.75 bits per heavy atom. The zero-order chi connectivity index (χ0) is 14.8. The van der Waals surface area contributed by atoms with Crippen molar-refractivity contribution in [2.24, 2.45) is 0 Å². The molecule has 1 aromatic heterocycles. The van der Waals surface area contributed by atoms with Crippen LogP contribution in [0.4, 0.5) is 0 Å². The van der Waals surface area contributed by atoms with Gasteiger partial charge in [-0.05, 0) is 25.1 Å². The van der Waals surface area contributed by atoms with Gasteiger partial charge in [-0.25, -0.2) is 18.2 Å². The summed E-state index contributed by atoms with van der Waals surface area (Å²) in [6.45, 7) is 2.07. The number of aromatic carboxylic acids is 1. The third kappa shape index (κ3) is 3.05. The van der Waals surface area contributed by atoms with Crippen molar-refractivity contribution in [3.8, 4) is 0 Å². The second kappa shape index (κ2) is 5.46. The molecule has 1 N–H and O–H groups in total. The maximum atomic E-state index is 12.2. The van der Waals surface area contributed by atoms with Crippen molar-refractivity contribution in [3.63, 3.8) is 0 Å². The Morgan fingerprint density at radius 1 is 1.40 bits per heavy atom. The van der Waals surface area contributed by atoms with E-state index in [4.69, 9.17) is 5.11 Å². The van der Waals surface area contributed by atoms with E-state index in [2.05, 4.69) is 4.98 Å². The van der Waals surface area contributed by atoms with Gasteiger partial charge in [0.25, 0.3) is 0 Å². The van der Waals surface area contributed by atoms with Crippen LogP contribution in [0.2, 0.25) is 0 Å². The number of benzene rings is 1. The van der Waals surface area contributed by atoms with Gasteiger partial charge < -0.3 is 9.67 Å². The molecule has 6 nitrogen and oxygen atoms in total. The highest BCUT2D eigenvalue weighted by Crippen LogP contribution is 2.14. The highest BCUT2D eigenvalue weighted by molar-refractivity contribution is 7.91. The Kier molecular flexibility index (Phi) is 3.89. The zero-order valence-corrected chi connectivity index (χ0v) is 11.7. The van der Waals surface area contributed by atoms with Gasteiger partial charge in [0.15, 0.2) is 9.84 Å². The van der Waals surface area contributed by atoms with Crippen LogP contribution in [0.1, 0.15) is 16.2 Å². The summed E-state index contributed by atoms with van der Waals surface area (Å²) in [6, 6.07) is 5.38. The van der Waals surface area contributed by atoms with E-state index in [0.29, 0.717) is 0 Å². The van der Waals surface area contributed by atoms with Crippen molar-refractivity contribution in [1.29, 1.82) is 0 Å². The van der Waals surface area contributed by atoms with Gasteiger partial charge in [0.2, 0.25) is 0 Å². The molecule has 0 bridgehead atoms. The van der Waals surface area contributed by atoms with Crippen LogP contribution in [0, 0.1) is 6.92 Å². The second-order valence-corrected chi connectivity index (χ2v) is 6.43. The van der Waals surface area contributed by atoms with Crippen molar-refractivity contribution < 1.29 is 18.3 Å². The Hall–Kier alpha value is -2.15. The number of imidazole rings is 1. The maximum Gasteiger partial charge on any atom is 0.335 e. The normalized spacial score (nSPS) is 11.4. The second-order valence-electron chi connectivity index (χ2n) is 4.32. The molecule has 1 aromatic carbocycles. The van der Waals surface area contributed by atoms with Crippen LogP contribution in [-0.2, 0) is 16.4 Å². The number of carbonyl (C=O) groups is 1. The van der Waals surface area contributed by atoms with E-state index in [0.717, 1.165) is 5.82 Å². The fourth-order valence-electron chi connectivity index (χ4n) is 1.80. The minimum absolute atomic E-state index is 0.0233. The maximum absolute atomic E-state index is 12.2. The number of aryl methyl sites for hydroxylation is 2. The van der Waals surface area contributed by atoms with E-state index in [1.54, 1.807) is 23.9 Å². The molecular weight excluding hydrogens is 280 g/mol. The van der Waals surface area contributed by atoms with E-state index in [-0.39, 0.29) is 22.8 Å². The Bertz CT molecular complexity index is 734. The number of carboxylic acid groups (broad SMARTS) is 1. The van der Waals surface area contributed by atoms with Crippen LogP contribution in [-0.4, -0.2) is 34.8 Å². The van der Waals surface area contributed by atoms with Gasteiger partial charge in [-0.1, -0.05) is 6.07 Å². The molecule has 0 saturated heterocycles. The van der Waals surface area contributed by atoms with Gasteiger partial charge >= 0.3 is 5.97 Å². The first-order valence-electron chi connectivity index (χ1n) is 5.94. The molecule has 0 aliphatic rings. The van der Waals surface area contributed by atoms with Gasteiger partial charge in [0.05, 0.1) is 16.2 Å². The number of hydrogen-bond acceptors (Lipinski definition) is 4. The standard InChI is InChI=1S/C13H14N2O4S/c1-10-14-5-6-15(10)7-8-20(18,19)12-4-2-3-11(9-12)13(16)17/h2-6,9H,7-8H2,1H3,(H,16,17). The van der Waals surface area contributed by atoms with E-state index < -0.39 is 15.8 Å². The first-order chi connectivity index (χ1) is 9.40. The Labute approximate surface area is 116 Å². The van der Waals surface area contributed by atoms with Gasteiger partial charge in [0.1, 0.15) is 5.82 Å². The quantitative estimate of drug-likeness (QED) is 0.899. The SMILES string of the molecule is Cc1nccn1CCS(=O)(=O)c1cccc(C(=O)O)c1. The van der Waals surface area contributed by atoms with Crippen molar-refractivity contribution in [2.75, 3.05) is 5.75 Å². The van der Waals surface area contributed by atoms with E-state index in [9.17, 15) is 13.2 Å². The molecule has 2 aromatic rings. The van der Waals surface area contributed by atoms with E-state index >= 15 is 0 Å². The highest BCUT2D eigenvalue weighted by atomic mass is 32.2. The first kappa shape index (κ1) is 14.3. The molecule has 1 heterocycles. The summed E-state index contributed by atoms with van der Waals surface area (Å²) in [5.41, 5.74) is -0.0371. The van der Waals surface area contributed by atoms with Crippen LogP contribution in [0.25, 0.3) is 0 Å². The fraction of sp³-hybridized carbons (Fsp3) is 0.231. The lowest BCUT2D eigenvalue weighted by molar-refractivity contribution is 0.0696. The van der Waals surface area contributed by atoms with Gasteiger partial charge in [-0.2, -0.15) is 0 Å². The predicted octanol–water partition coefficient (Wildman–Crippen LogP) is 1.36. The van der Waals surface area contributed by atoms with Gasteiger partial charge in [0, 0.05) is 18.9 Å². The topological polar surface area (TPSA) is 89.3 Å². The molecule has 0 spiro atoms. The first-order valence-corrected chi connectivity index (χ1v) is 7.59. The molecule has 106 valence electrons. The molecule has 20 heavy (non-hydrogen) atoms. The summed E-state index contributed by atoms with van der Waals surface area (Å²) in [7, 11) is -3.52. The summed E-state index contributed by atoms with van der Waals surface area (Å²) >= 11 is 0. The van der Waals surface area contributed by atoms with Gasteiger partial charge in [-0.15, -0.1) is 0 Å². The number of carboxylic acids is 1. The van der Waals surface area contributed by atoms with Crippen LogP contribution in [0.3, 0.4) is 0 Å². The zero-order valence-electron chi connectivity index (χ0n) is 10.9. The minimum Gasteiger partial charge on any atom is -0.478 e. The third-order valence-corrected chi connectivity index (χ3v) is 4.66. The Balaban J connectivity index is 2.20. The molecule has 0 aliphatic carbocycles. The van der Waals surface area contributed by atoms with E-state index in [1.165, 1.54) is 24.3 Å². The van der Waals surface area contributed by atoms with Crippen molar-refractivity contribution in [1.82, 2.24) is 9.55 Å². The highest BCUT2D eigenvalue weighted by Gasteiger charge is 2.16. The molecule has 0 atom stereocenters. The number of sulfone groups is 1. The number of hydrogen-bond donors (Lipinski definition) is 1. The van der Waals surface area contributed by atoms with Crippen LogP contribution < -0.4 is 0 Å². The number of nitrogens with zero attached hydrogens (tertiary/aromatic N) is 2. The molecule has 0 fully saturated rings. The monoisotopic (exact) mass is 294 g/mol. The molecule has 0 amide bonds. The van der Waals surface area contributed by atoms with Crippen molar-refractivity contribution in [3.05, 3.63) is 48.0 Å². The molecule has 0 radical (unpaired) electrons. The number of aromatic nitrogens is 2. The van der Waals surface area contributed by atoms with Gasteiger partial charge in [-0.3, -0.25) is 0 Å². The largest absolute Gasteiger partial charge is 0.478 e. The van der Waals surface area contributed by atoms with Crippen LogP contribution in [0.5, 0.6) is 0 Å². The van der Waals surface area contributed by atoms with Crippen LogP contribution in [0.15, 0.2) is 41.6 Å². The molecule has 0 unspecified atom stereocenters. The summed E-state index contributed by atoms with van der Waals surface area (Å²) in [4.78, 5) is 14.9. The lowest BCUT2D eigenvalue weighted by Gasteiger charge is -2.07. The van der Waals surface area contributed by atoms with Crippen molar-refractivity contribution in [2.45, 2.75) is 18.4 Å². The molecule has 0 saturated carbocycles. The van der Waals surface area contributed by atoms with Crippen molar-refractivity contribution >= 4 is 15.8 Å². The predicted molar refractivity (Wildman–Crippen MR) is 72.4 cm³/mol. The van der Waals surface area contributed by atoms with E-state index in [1.807, 2.05) is 0 Å². The summed E-state index contributed by atoms with van der Waals surface area (Å²) in [5, 5.41) is 8.88. The molecular formula is C13H14N2O4S. The Morgan fingerprint density at radius 2 is 2.15 bits per heavy atom. The average Bonchev–Trinajstić information content (AvgIpc) is 2.82. The molecule has 7 heteroatoms.